The Hall–Kier alpha value is -1.11. The van der Waals surface area contributed by atoms with E-state index in [0.29, 0.717) is 12.3 Å². The van der Waals surface area contributed by atoms with Gasteiger partial charge in [-0.15, -0.1) is 0 Å². The zero-order valence-electron chi connectivity index (χ0n) is 10.9. The minimum atomic E-state index is -3.38. The van der Waals surface area contributed by atoms with E-state index >= 15 is 0 Å². The van der Waals surface area contributed by atoms with E-state index in [-0.39, 0.29) is 11.0 Å². The van der Waals surface area contributed by atoms with Gasteiger partial charge in [0.15, 0.2) is 0 Å². The second kappa shape index (κ2) is 6.72. The van der Waals surface area contributed by atoms with E-state index in [9.17, 15) is 8.42 Å². The first-order valence-electron chi connectivity index (χ1n) is 5.90. The fourth-order valence-corrected chi connectivity index (χ4v) is 2.57. The molecule has 0 aliphatic carbocycles. The van der Waals surface area contributed by atoms with Crippen LogP contribution in [-0.2, 0) is 10.0 Å². The summed E-state index contributed by atoms with van der Waals surface area (Å²) in [7, 11) is -1.53. The Balaban J connectivity index is 2.74. The Morgan fingerprint density at radius 3 is 2.39 bits per heavy atom. The SMILES string of the molecule is CCNS(=O)(=O)c1ccc(OC(C)CNC)cc1. The van der Waals surface area contributed by atoms with Gasteiger partial charge in [0.2, 0.25) is 10.0 Å². The van der Waals surface area contributed by atoms with Crippen molar-refractivity contribution in [3.05, 3.63) is 24.3 Å². The van der Waals surface area contributed by atoms with Crippen molar-refractivity contribution < 1.29 is 13.2 Å². The number of benzene rings is 1. The molecule has 0 radical (unpaired) electrons. The van der Waals surface area contributed by atoms with Gasteiger partial charge < -0.3 is 10.1 Å². The van der Waals surface area contributed by atoms with Crippen LogP contribution in [-0.4, -0.2) is 34.7 Å². The molecule has 0 aromatic heterocycles. The molecular formula is C12H20N2O3S. The second-order valence-corrected chi connectivity index (χ2v) is 5.73. The second-order valence-electron chi connectivity index (χ2n) is 3.96. The van der Waals surface area contributed by atoms with Gasteiger partial charge in [-0.2, -0.15) is 0 Å². The molecule has 0 amide bonds. The average molecular weight is 272 g/mol. The number of ether oxygens (including phenoxy) is 1. The van der Waals surface area contributed by atoms with E-state index in [1.54, 1.807) is 31.2 Å². The maximum Gasteiger partial charge on any atom is 0.240 e. The van der Waals surface area contributed by atoms with Crippen molar-refractivity contribution in [2.45, 2.75) is 24.8 Å². The summed E-state index contributed by atoms with van der Waals surface area (Å²) in [5.74, 6) is 0.660. The van der Waals surface area contributed by atoms with Gasteiger partial charge in [0.1, 0.15) is 11.9 Å². The Morgan fingerprint density at radius 1 is 1.28 bits per heavy atom. The normalized spacial score (nSPS) is 13.3. The first-order chi connectivity index (χ1) is 8.49. The standard InChI is InChI=1S/C12H20N2O3S/c1-4-14-18(15,16)12-7-5-11(6-8-12)17-10(2)9-13-3/h5-8,10,13-14H,4,9H2,1-3H3. The van der Waals surface area contributed by atoms with Gasteiger partial charge >= 0.3 is 0 Å². The fourth-order valence-electron chi connectivity index (χ4n) is 1.53. The van der Waals surface area contributed by atoms with Crippen LogP contribution in [0.3, 0.4) is 0 Å². The highest BCUT2D eigenvalue weighted by Crippen LogP contribution is 2.16. The van der Waals surface area contributed by atoms with Crippen LogP contribution in [0.5, 0.6) is 5.75 Å². The molecule has 6 heteroatoms. The molecule has 1 aromatic rings. The summed E-state index contributed by atoms with van der Waals surface area (Å²) in [4.78, 5) is 0.248. The van der Waals surface area contributed by atoms with Gasteiger partial charge in [0.05, 0.1) is 4.90 Å². The molecule has 102 valence electrons. The van der Waals surface area contributed by atoms with Gasteiger partial charge in [-0.3, -0.25) is 0 Å². The summed E-state index contributed by atoms with van der Waals surface area (Å²) in [6.07, 6.45) is 0.0335. The molecule has 0 fully saturated rings. The third-order valence-corrected chi connectivity index (χ3v) is 3.86. The van der Waals surface area contributed by atoms with Gasteiger partial charge in [-0.05, 0) is 38.2 Å². The predicted octanol–water partition coefficient (Wildman–Crippen LogP) is 0.971. The highest BCUT2D eigenvalue weighted by Gasteiger charge is 2.12. The smallest absolute Gasteiger partial charge is 0.240 e. The molecule has 1 atom stereocenters. The first kappa shape index (κ1) is 14.9. The lowest BCUT2D eigenvalue weighted by Gasteiger charge is -2.14. The Bertz CT molecular complexity index is 457. The summed E-state index contributed by atoms with van der Waals surface area (Å²) in [6, 6.07) is 6.41. The molecule has 0 spiro atoms. The molecule has 1 aromatic carbocycles. The van der Waals surface area contributed by atoms with E-state index in [4.69, 9.17) is 4.74 Å². The quantitative estimate of drug-likeness (QED) is 0.776. The van der Waals surface area contributed by atoms with Crippen LogP contribution in [0, 0.1) is 0 Å². The van der Waals surface area contributed by atoms with Crippen LogP contribution in [0.15, 0.2) is 29.2 Å². The molecule has 0 heterocycles. The van der Waals surface area contributed by atoms with Gasteiger partial charge in [0.25, 0.3) is 0 Å². The number of rotatable bonds is 7. The highest BCUT2D eigenvalue weighted by atomic mass is 32.2. The summed E-state index contributed by atoms with van der Waals surface area (Å²) in [5, 5.41) is 3.01. The third-order valence-electron chi connectivity index (χ3n) is 2.30. The number of hydrogen-bond acceptors (Lipinski definition) is 4. The molecule has 0 bridgehead atoms. The Labute approximate surface area is 109 Å². The predicted molar refractivity (Wildman–Crippen MR) is 71.3 cm³/mol. The molecule has 1 unspecified atom stereocenters. The molecule has 2 N–H and O–H groups in total. The Morgan fingerprint density at radius 2 is 1.89 bits per heavy atom. The van der Waals surface area contributed by atoms with E-state index in [1.165, 1.54) is 0 Å². The van der Waals surface area contributed by atoms with Crippen LogP contribution in [0.2, 0.25) is 0 Å². The fraction of sp³-hybridized carbons (Fsp3) is 0.500. The molecule has 1 rings (SSSR count). The monoisotopic (exact) mass is 272 g/mol. The molecule has 0 aliphatic heterocycles. The van der Waals surface area contributed by atoms with Crippen LogP contribution >= 0.6 is 0 Å². The van der Waals surface area contributed by atoms with Crippen molar-refractivity contribution in [3.8, 4) is 5.75 Å². The molecule has 5 nitrogen and oxygen atoms in total. The largest absolute Gasteiger partial charge is 0.489 e. The minimum absolute atomic E-state index is 0.0335. The van der Waals surface area contributed by atoms with E-state index < -0.39 is 10.0 Å². The van der Waals surface area contributed by atoms with E-state index in [1.807, 2.05) is 14.0 Å². The maximum absolute atomic E-state index is 11.7. The molecule has 0 saturated heterocycles. The van der Waals surface area contributed by atoms with Crippen molar-refractivity contribution in [1.82, 2.24) is 10.0 Å². The van der Waals surface area contributed by atoms with Gasteiger partial charge in [-0.25, -0.2) is 13.1 Å². The summed E-state index contributed by atoms with van der Waals surface area (Å²) in [6.45, 7) is 4.80. The highest BCUT2D eigenvalue weighted by molar-refractivity contribution is 7.89. The first-order valence-corrected chi connectivity index (χ1v) is 7.39. The lowest BCUT2D eigenvalue weighted by atomic mass is 10.3. The van der Waals surface area contributed by atoms with Gasteiger partial charge in [0, 0.05) is 13.1 Å². The van der Waals surface area contributed by atoms with Crippen molar-refractivity contribution in [1.29, 1.82) is 0 Å². The van der Waals surface area contributed by atoms with Crippen LogP contribution < -0.4 is 14.8 Å². The summed E-state index contributed by atoms with van der Waals surface area (Å²) >= 11 is 0. The zero-order valence-corrected chi connectivity index (χ0v) is 11.8. The third kappa shape index (κ3) is 4.29. The molecule has 0 saturated carbocycles. The van der Waals surface area contributed by atoms with Gasteiger partial charge in [-0.1, -0.05) is 6.92 Å². The molecule has 18 heavy (non-hydrogen) atoms. The van der Waals surface area contributed by atoms with Crippen molar-refractivity contribution in [3.63, 3.8) is 0 Å². The number of likely N-dealkylation sites (N-methyl/N-ethyl adjacent to an activating group) is 1. The zero-order chi connectivity index (χ0) is 13.6. The van der Waals surface area contributed by atoms with Crippen LogP contribution in [0.1, 0.15) is 13.8 Å². The van der Waals surface area contributed by atoms with Crippen molar-refractivity contribution in [2.24, 2.45) is 0 Å². The molecular weight excluding hydrogens is 252 g/mol. The van der Waals surface area contributed by atoms with Crippen LogP contribution in [0.4, 0.5) is 0 Å². The lowest BCUT2D eigenvalue weighted by molar-refractivity contribution is 0.220. The maximum atomic E-state index is 11.7. The number of hydrogen-bond donors (Lipinski definition) is 2. The van der Waals surface area contributed by atoms with Crippen molar-refractivity contribution >= 4 is 10.0 Å². The molecule has 0 aliphatic rings. The number of sulfonamides is 1. The van der Waals surface area contributed by atoms with Crippen molar-refractivity contribution in [2.75, 3.05) is 20.1 Å². The topological polar surface area (TPSA) is 67.4 Å². The summed E-state index contributed by atoms with van der Waals surface area (Å²) in [5.41, 5.74) is 0. The summed E-state index contributed by atoms with van der Waals surface area (Å²) < 4.78 is 31.5. The Kier molecular flexibility index (Phi) is 5.58. The lowest BCUT2D eigenvalue weighted by Crippen LogP contribution is -2.26. The average Bonchev–Trinajstić information content (AvgIpc) is 2.30. The number of nitrogens with one attached hydrogen (secondary N) is 2. The van der Waals surface area contributed by atoms with E-state index in [0.717, 1.165) is 6.54 Å². The van der Waals surface area contributed by atoms with E-state index in [2.05, 4.69) is 10.0 Å². The van der Waals surface area contributed by atoms with Crippen LogP contribution in [0.25, 0.3) is 0 Å². The minimum Gasteiger partial charge on any atom is -0.489 e.